The molecule has 0 saturated heterocycles. The number of rotatable bonds is 9. The van der Waals surface area contributed by atoms with E-state index in [2.05, 4.69) is 5.32 Å². The van der Waals surface area contributed by atoms with Gasteiger partial charge < -0.3 is 14.8 Å². The van der Waals surface area contributed by atoms with Gasteiger partial charge in [-0.05, 0) is 38.9 Å². The molecule has 0 aliphatic rings. The predicted molar refractivity (Wildman–Crippen MR) is 70.4 cm³/mol. The normalized spacial score (nSPS) is 11.0. The van der Waals surface area contributed by atoms with Crippen LogP contribution in [0.25, 0.3) is 0 Å². The molecule has 0 atom stereocenters. The fourth-order valence-electron chi connectivity index (χ4n) is 1.46. The van der Waals surface area contributed by atoms with Crippen molar-refractivity contribution in [1.29, 1.82) is 0 Å². The number of nitrogens with one attached hydrogen (secondary N) is 1. The summed E-state index contributed by atoms with van der Waals surface area (Å²) in [4.78, 5) is 0. The quantitative estimate of drug-likeness (QED) is 0.702. The Morgan fingerprint density at radius 1 is 1.16 bits per heavy atom. The molecule has 0 saturated carbocycles. The fourth-order valence-corrected chi connectivity index (χ4v) is 1.46. The van der Waals surface area contributed by atoms with E-state index in [9.17, 15) is 8.78 Å². The number of halogens is 2. The van der Waals surface area contributed by atoms with Gasteiger partial charge in [0.2, 0.25) is 0 Å². The number of hydrogen-bond donors (Lipinski definition) is 1. The van der Waals surface area contributed by atoms with Crippen molar-refractivity contribution >= 4 is 0 Å². The second kappa shape index (κ2) is 8.82. The molecule has 108 valence electrons. The molecule has 0 spiro atoms. The SMILES string of the molecule is CC(C)OCCCNCCOc1cc(F)ccc1F. The molecule has 0 heterocycles. The summed E-state index contributed by atoms with van der Waals surface area (Å²) in [5.74, 6) is -1.10. The Hall–Kier alpha value is -1.20. The molecule has 1 aromatic carbocycles. The molecule has 1 aromatic rings. The second-order valence-electron chi connectivity index (χ2n) is 4.45. The summed E-state index contributed by atoms with van der Waals surface area (Å²) < 4.78 is 36.6. The lowest BCUT2D eigenvalue weighted by atomic mass is 10.3. The summed E-state index contributed by atoms with van der Waals surface area (Å²) in [5.41, 5.74) is 0. The van der Waals surface area contributed by atoms with Crippen LogP contribution in [-0.4, -0.2) is 32.4 Å². The summed E-state index contributed by atoms with van der Waals surface area (Å²) in [5, 5.41) is 3.14. The van der Waals surface area contributed by atoms with Crippen molar-refractivity contribution in [3.8, 4) is 5.75 Å². The van der Waals surface area contributed by atoms with Crippen LogP contribution in [0.4, 0.5) is 8.78 Å². The number of ether oxygens (including phenoxy) is 2. The van der Waals surface area contributed by atoms with E-state index in [1.807, 2.05) is 13.8 Å². The zero-order valence-electron chi connectivity index (χ0n) is 11.4. The van der Waals surface area contributed by atoms with E-state index >= 15 is 0 Å². The third-order valence-corrected chi connectivity index (χ3v) is 2.38. The van der Waals surface area contributed by atoms with Crippen molar-refractivity contribution in [1.82, 2.24) is 5.32 Å². The summed E-state index contributed by atoms with van der Waals surface area (Å²) >= 11 is 0. The maximum absolute atomic E-state index is 13.2. The average molecular weight is 273 g/mol. The maximum atomic E-state index is 13.2. The van der Waals surface area contributed by atoms with Crippen LogP contribution in [0.1, 0.15) is 20.3 Å². The largest absolute Gasteiger partial charge is 0.489 e. The zero-order valence-corrected chi connectivity index (χ0v) is 11.4. The molecular formula is C14H21F2NO2. The number of hydrogen-bond acceptors (Lipinski definition) is 3. The van der Waals surface area contributed by atoms with Gasteiger partial charge in [-0.15, -0.1) is 0 Å². The third-order valence-electron chi connectivity index (χ3n) is 2.38. The molecule has 1 N–H and O–H groups in total. The van der Waals surface area contributed by atoms with E-state index in [0.717, 1.165) is 31.2 Å². The summed E-state index contributed by atoms with van der Waals surface area (Å²) in [6.07, 6.45) is 1.16. The molecule has 0 aliphatic carbocycles. The van der Waals surface area contributed by atoms with Gasteiger partial charge in [0, 0.05) is 19.2 Å². The van der Waals surface area contributed by atoms with E-state index in [1.165, 1.54) is 0 Å². The monoisotopic (exact) mass is 273 g/mol. The van der Waals surface area contributed by atoms with Crippen LogP contribution in [0, 0.1) is 11.6 Å². The van der Waals surface area contributed by atoms with Gasteiger partial charge in [-0.25, -0.2) is 8.78 Å². The lowest BCUT2D eigenvalue weighted by Crippen LogP contribution is -2.23. The topological polar surface area (TPSA) is 30.5 Å². The first-order chi connectivity index (χ1) is 9.09. The summed E-state index contributed by atoms with van der Waals surface area (Å²) in [6, 6.07) is 3.17. The first-order valence-corrected chi connectivity index (χ1v) is 6.49. The van der Waals surface area contributed by atoms with Gasteiger partial charge in [0.15, 0.2) is 11.6 Å². The molecule has 0 amide bonds. The predicted octanol–water partition coefficient (Wildman–Crippen LogP) is 2.75. The molecule has 3 nitrogen and oxygen atoms in total. The second-order valence-corrected chi connectivity index (χ2v) is 4.45. The van der Waals surface area contributed by atoms with E-state index in [1.54, 1.807) is 0 Å². The standard InChI is InChI=1S/C14H21F2NO2/c1-11(2)18-8-3-6-17-7-9-19-14-10-12(15)4-5-13(14)16/h4-5,10-11,17H,3,6-9H2,1-2H3. The minimum atomic E-state index is -0.549. The first-order valence-electron chi connectivity index (χ1n) is 6.49. The summed E-state index contributed by atoms with van der Waals surface area (Å²) in [7, 11) is 0. The van der Waals surface area contributed by atoms with Crippen molar-refractivity contribution in [2.24, 2.45) is 0 Å². The number of benzene rings is 1. The highest BCUT2D eigenvalue weighted by molar-refractivity contribution is 5.24. The Kier molecular flexibility index (Phi) is 7.36. The van der Waals surface area contributed by atoms with Crippen molar-refractivity contribution in [2.75, 3.05) is 26.3 Å². The van der Waals surface area contributed by atoms with Crippen LogP contribution >= 0.6 is 0 Å². The van der Waals surface area contributed by atoms with Crippen LogP contribution in [0.5, 0.6) is 5.75 Å². The molecule has 0 aliphatic heterocycles. The van der Waals surface area contributed by atoms with Gasteiger partial charge in [-0.3, -0.25) is 0 Å². The van der Waals surface area contributed by atoms with Gasteiger partial charge in [-0.1, -0.05) is 0 Å². The fraction of sp³-hybridized carbons (Fsp3) is 0.571. The van der Waals surface area contributed by atoms with Gasteiger partial charge in [0.05, 0.1) is 6.10 Å². The average Bonchev–Trinajstić information content (AvgIpc) is 2.36. The van der Waals surface area contributed by atoms with Crippen LogP contribution in [0.2, 0.25) is 0 Å². The van der Waals surface area contributed by atoms with Crippen LogP contribution in [-0.2, 0) is 4.74 Å². The highest BCUT2D eigenvalue weighted by atomic mass is 19.1. The molecular weight excluding hydrogens is 252 g/mol. The Balaban J connectivity index is 2.06. The molecule has 0 aromatic heterocycles. The van der Waals surface area contributed by atoms with Gasteiger partial charge in [0.1, 0.15) is 12.4 Å². The van der Waals surface area contributed by atoms with Crippen molar-refractivity contribution in [3.63, 3.8) is 0 Å². The van der Waals surface area contributed by atoms with Gasteiger partial charge >= 0.3 is 0 Å². The van der Waals surface area contributed by atoms with Crippen molar-refractivity contribution < 1.29 is 18.3 Å². The maximum Gasteiger partial charge on any atom is 0.165 e. The van der Waals surface area contributed by atoms with Crippen LogP contribution < -0.4 is 10.1 Å². The Labute approximate surface area is 112 Å². The molecule has 0 unspecified atom stereocenters. The van der Waals surface area contributed by atoms with Gasteiger partial charge in [0.25, 0.3) is 0 Å². The Bertz CT molecular complexity index is 372. The van der Waals surface area contributed by atoms with E-state index in [-0.39, 0.29) is 11.9 Å². The highest BCUT2D eigenvalue weighted by Crippen LogP contribution is 2.17. The van der Waals surface area contributed by atoms with Crippen molar-refractivity contribution in [2.45, 2.75) is 26.4 Å². The van der Waals surface area contributed by atoms with E-state index in [0.29, 0.717) is 19.8 Å². The zero-order chi connectivity index (χ0) is 14.1. The molecule has 19 heavy (non-hydrogen) atoms. The highest BCUT2D eigenvalue weighted by Gasteiger charge is 2.04. The van der Waals surface area contributed by atoms with E-state index in [4.69, 9.17) is 9.47 Å². The summed E-state index contributed by atoms with van der Waals surface area (Å²) in [6.45, 7) is 6.39. The molecule has 1 rings (SSSR count). The Morgan fingerprint density at radius 3 is 2.68 bits per heavy atom. The van der Waals surface area contributed by atoms with Gasteiger partial charge in [-0.2, -0.15) is 0 Å². The minimum Gasteiger partial charge on any atom is -0.489 e. The molecule has 5 heteroatoms. The minimum absolute atomic E-state index is 0.0510. The lowest BCUT2D eigenvalue weighted by molar-refractivity contribution is 0.0769. The van der Waals surface area contributed by atoms with Crippen LogP contribution in [0.15, 0.2) is 18.2 Å². The van der Waals surface area contributed by atoms with Crippen molar-refractivity contribution in [3.05, 3.63) is 29.8 Å². The molecule has 0 radical (unpaired) electrons. The molecule has 0 bridgehead atoms. The van der Waals surface area contributed by atoms with Crippen LogP contribution in [0.3, 0.4) is 0 Å². The lowest BCUT2D eigenvalue weighted by Gasteiger charge is -2.09. The Morgan fingerprint density at radius 2 is 1.95 bits per heavy atom. The van der Waals surface area contributed by atoms with E-state index < -0.39 is 11.6 Å². The first kappa shape index (κ1) is 15.9. The third kappa shape index (κ3) is 7.08. The smallest absolute Gasteiger partial charge is 0.165 e. The molecule has 0 fully saturated rings.